The molecule has 0 spiro atoms. The topological polar surface area (TPSA) is 43.1 Å². The Balaban J connectivity index is -0.000000181. The average molecular weight is 225 g/mol. The second-order valence-electron chi connectivity index (χ2n) is 2.77. The van der Waals surface area contributed by atoms with Crippen molar-refractivity contribution < 1.29 is 4.79 Å². The second-order valence-corrected chi connectivity index (χ2v) is 2.77. The molecule has 2 nitrogen and oxygen atoms in total. The predicted octanol–water partition coefficient (Wildman–Crippen LogP) is 3.85. The Labute approximate surface area is 101 Å². The molecule has 0 radical (unpaired) electrons. The van der Waals surface area contributed by atoms with Gasteiger partial charge < -0.3 is 5.73 Å². The zero-order chi connectivity index (χ0) is 13.6. The van der Waals surface area contributed by atoms with Crippen LogP contribution < -0.4 is 5.73 Å². The minimum atomic E-state index is -0.333. The maximum Gasteiger partial charge on any atom is 0.214 e. The number of carbonyl (C=O) groups excluding carboxylic acids is 1. The van der Waals surface area contributed by atoms with Crippen LogP contribution in [0.1, 0.15) is 45.7 Å². The third-order valence-electron chi connectivity index (χ3n) is 1.22. The summed E-state index contributed by atoms with van der Waals surface area (Å²) in [7, 11) is 0. The first-order valence-electron chi connectivity index (χ1n) is 5.81. The molecule has 2 heteroatoms. The van der Waals surface area contributed by atoms with E-state index in [1.807, 2.05) is 27.7 Å². The van der Waals surface area contributed by atoms with Gasteiger partial charge in [0.25, 0.3) is 0 Å². The molecule has 0 aliphatic heterocycles. The van der Waals surface area contributed by atoms with Crippen LogP contribution in [0.15, 0.2) is 24.3 Å². The van der Waals surface area contributed by atoms with Crippen molar-refractivity contribution in [2.75, 3.05) is 0 Å². The molecule has 0 atom stereocenters. The summed E-state index contributed by atoms with van der Waals surface area (Å²) in [5, 5.41) is 0. The van der Waals surface area contributed by atoms with Gasteiger partial charge in [0, 0.05) is 6.92 Å². The standard InChI is InChI=1S/C8H10.C2H5NO.2C2H6/c1-7-3-5-8(2)6-4-7;1-2(3)4;2*1-2/h3-6H,1-2H3;1H3,(H2,3,4);2*1-2H3. The van der Waals surface area contributed by atoms with Crippen LogP contribution in [-0.2, 0) is 4.79 Å². The summed E-state index contributed by atoms with van der Waals surface area (Å²) >= 11 is 0. The van der Waals surface area contributed by atoms with Gasteiger partial charge >= 0.3 is 0 Å². The van der Waals surface area contributed by atoms with Gasteiger partial charge in [-0.15, -0.1) is 0 Å². The molecule has 2 N–H and O–H groups in total. The lowest BCUT2D eigenvalue weighted by atomic mass is 10.2. The third-order valence-corrected chi connectivity index (χ3v) is 1.22. The minimum absolute atomic E-state index is 0.333. The fourth-order valence-corrected chi connectivity index (χ4v) is 0.637. The number of rotatable bonds is 0. The molecule has 0 aromatic heterocycles. The first kappa shape index (κ1) is 20.1. The van der Waals surface area contributed by atoms with Crippen molar-refractivity contribution in [3.05, 3.63) is 35.4 Å². The van der Waals surface area contributed by atoms with Crippen molar-refractivity contribution in [1.82, 2.24) is 0 Å². The lowest BCUT2D eigenvalue weighted by Crippen LogP contribution is -2.01. The summed E-state index contributed by atoms with van der Waals surface area (Å²) < 4.78 is 0. The number of aryl methyl sites for hydroxylation is 2. The fourth-order valence-electron chi connectivity index (χ4n) is 0.637. The summed E-state index contributed by atoms with van der Waals surface area (Å²) in [6.45, 7) is 13.5. The van der Waals surface area contributed by atoms with Crippen LogP contribution in [0, 0.1) is 13.8 Å². The molecular formula is C14H27NO. The van der Waals surface area contributed by atoms with Gasteiger partial charge in [0.05, 0.1) is 0 Å². The van der Waals surface area contributed by atoms with E-state index in [1.54, 1.807) is 0 Å². The number of nitrogens with two attached hydrogens (primary N) is 1. The summed E-state index contributed by atoms with van der Waals surface area (Å²) in [5.41, 5.74) is 7.13. The molecule has 1 rings (SSSR count). The van der Waals surface area contributed by atoms with Crippen molar-refractivity contribution >= 4 is 5.91 Å². The van der Waals surface area contributed by atoms with E-state index in [0.717, 1.165) is 0 Å². The van der Waals surface area contributed by atoms with Crippen LogP contribution in [0.2, 0.25) is 0 Å². The molecule has 0 fully saturated rings. The van der Waals surface area contributed by atoms with E-state index in [9.17, 15) is 4.79 Å². The molecule has 0 bridgehead atoms. The monoisotopic (exact) mass is 225 g/mol. The highest BCUT2D eigenvalue weighted by Gasteiger charge is 1.79. The third kappa shape index (κ3) is 23.0. The van der Waals surface area contributed by atoms with Gasteiger partial charge in [-0.25, -0.2) is 0 Å². The number of primary amides is 1. The van der Waals surface area contributed by atoms with Crippen LogP contribution in [-0.4, -0.2) is 5.91 Å². The molecule has 0 unspecified atom stereocenters. The lowest BCUT2D eigenvalue weighted by molar-refractivity contribution is -0.115. The fraction of sp³-hybridized carbons (Fsp3) is 0.500. The quantitative estimate of drug-likeness (QED) is 0.716. The Kier molecular flexibility index (Phi) is 20.3. The maximum atomic E-state index is 9.22. The van der Waals surface area contributed by atoms with Gasteiger partial charge in [0.15, 0.2) is 0 Å². The average Bonchev–Trinajstić information content (AvgIpc) is 2.27. The Bertz CT molecular complexity index is 214. The van der Waals surface area contributed by atoms with Gasteiger partial charge in [-0.1, -0.05) is 63.1 Å². The largest absolute Gasteiger partial charge is 0.370 e. The summed E-state index contributed by atoms with van der Waals surface area (Å²) in [5.74, 6) is -0.333. The van der Waals surface area contributed by atoms with Crippen molar-refractivity contribution in [1.29, 1.82) is 0 Å². The van der Waals surface area contributed by atoms with E-state index in [1.165, 1.54) is 18.1 Å². The van der Waals surface area contributed by atoms with Gasteiger partial charge in [-0.2, -0.15) is 0 Å². The summed E-state index contributed by atoms with van der Waals surface area (Å²) in [4.78, 5) is 9.22. The number of hydrogen-bond donors (Lipinski definition) is 1. The highest BCUT2D eigenvalue weighted by atomic mass is 16.1. The smallest absolute Gasteiger partial charge is 0.214 e. The molecule has 16 heavy (non-hydrogen) atoms. The van der Waals surface area contributed by atoms with E-state index in [4.69, 9.17) is 0 Å². The highest BCUT2D eigenvalue weighted by Crippen LogP contribution is 1.99. The van der Waals surface area contributed by atoms with Crippen LogP contribution >= 0.6 is 0 Å². The molecule has 94 valence electrons. The first-order valence-corrected chi connectivity index (χ1v) is 5.81. The normalized spacial score (nSPS) is 6.94. The van der Waals surface area contributed by atoms with Gasteiger partial charge in [-0.05, 0) is 13.8 Å². The van der Waals surface area contributed by atoms with E-state index in [2.05, 4.69) is 43.8 Å². The van der Waals surface area contributed by atoms with E-state index in [-0.39, 0.29) is 5.91 Å². The van der Waals surface area contributed by atoms with Crippen LogP contribution in [0.25, 0.3) is 0 Å². The SMILES string of the molecule is CC.CC.CC(N)=O.Cc1ccc(C)cc1. The van der Waals surface area contributed by atoms with Crippen LogP contribution in [0.5, 0.6) is 0 Å². The predicted molar refractivity (Wildman–Crippen MR) is 73.5 cm³/mol. The Morgan fingerprint density at radius 1 is 0.875 bits per heavy atom. The van der Waals surface area contributed by atoms with E-state index < -0.39 is 0 Å². The molecule has 1 aromatic carbocycles. The lowest BCUT2D eigenvalue weighted by Gasteiger charge is -1.90. The number of benzene rings is 1. The molecular weight excluding hydrogens is 198 g/mol. The molecule has 1 amide bonds. The molecule has 0 saturated carbocycles. The van der Waals surface area contributed by atoms with Crippen LogP contribution in [0.3, 0.4) is 0 Å². The minimum Gasteiger partial charge on any atom is -0.370 e. The maximum absolute atomic E-state index is 9.22. The van der Waals surface area contributed by atoms with Crippen molar-refractivity contribution in [3.8, 4) is 0 Å². The zero-order valence-corrected chi connectivity index (χ0v) is 11.8. The van der Waals surface area contributed by atoms with Crippen molar-refractivity contribution in [2.45, 2.75) is 48.5 Å². The first-order chi connectivity index (χ1) is 7.52. The van der Waals surface area contributed by atoms with Gasteiger partial charge in [-0.3, -0.25) is 4.79 Å². The molecule has 1 aromatic rings. The Hall–Kier alpha value is -1.31. The molecule has 0 heterocycles. The number of carbonyl (C=O) groups is 1. The molecule has 0 aliphatic rings. The van der Waals surface area contributed by atoms with E-state index in [0.29, 0.717) is 0 Å². The van der Waals surface area contributed by atoms with E-state index >= 15 is 0 Å². The molecule has 0 saturated heterocycles. The summed E-state index contributed by atoms with van der Waals surface area (Å²) in [6, 6.07) is 8.48. The molecule has 0 aliphatic carbocycles. The van der Waals surface area contributed by atoms with Crippen molar-refractivity contribution in [2.24, 2.45) is 5.73 Å². The van der Waals surface area contributed by atoms with Crippen molar-refractivity contribution in [3.63, 3.8) is 0 Å². The second kappa shape index (κ2) is 16.1. The highest BCUT2D eigenvalue weighted by molar-refractivity contribution is 5.70. The van der Waals surface area contributed by atoms with Gasteiger partial charge in [0.2, 0.25) is 5.91 Å². The number of hydrogen-bond acceptors (Lipinski definition) is 1. The number of amides is 1. The Morgan fingerprint density at radius 2 is 1.00 bits per heavy atom. The van der Waals surface area contributed by atoms with Crippen LogP contribution in [0.4, 0.5) is 0 Å². The Morgan fingerprint density at radius 3 is 1.12 bits per heavy atom. The van der Waals surface area contributed by atoms with Gasteiger partial charge in [0.1, 0.15) is 0 Å². The summed E-state index contributed by atoms with van der Waals surface area (Å²) in [6.07, 6.45) is 0. The zero-order valence-electron chi connectivity index (χ0n) is 11.8.